The molecule has 1 amide bonds. The third kappa shape index (κ3) is 3.57. The van der Waals surface area contributed by atoms with Crippen molar-refractivity contribution in [2.45, 2.75) is 56.7 Å². The fourth-order valence-corrected chi connectivity index (χ4v) is 4.90. The minimum Gasteiger partial charge on any atom is -0.381 e. The van der Waals surface area contributed by atoms with E-state index in [-0.39, 0.29) is 5.91 Å². The predicted molar refractivity (Wildman–Crippen MR) is 80.3 cm³/mol. The summed E-state index contributed by atoms with van der Waals surface area (Å²) in [5, 5.41) is 2.82. The molecule has 1 saturated carbocycles. The van der Waals surface area contributed by atoms with E-state index < -0.39 is 20.3 Å². The van der Waals surface area contributed by atoms with Crippen LogP contribution in [0.25, 0.3) is 0 Å². The van der Waals surface area contributed by atoms with Crippen molar-refractivity contribution in [3.8, 4) is 0 Å². The Morgan fingerprint density at radius 1 is 1.33 bits per heavy atom. The molecule has 0 aromatic carbocycles. The second kappa shape index (κ2) is 5.85. The van der Waals surface area contributed by atoms with E-state index in [4.69, 9.17) is 4.74 Å². The molecule has 2 aliphatic rings. The van der Waals surface area contributed by atoms with Gasteiger partial charge < -0.3 is 10.1 Å². The first-order valence-electron chi connectivity index (χ1n) is 7.56. The molecule has 0 aromatic heterocycles. The van der Waals surface area contributed by atoms with Crippen LogP contribution in [0.1, 0.15) is 46.5 Å². The second-order valence-corrected chi connectivity index (χ2v) is 9.14. The van der Waals surface area contributed by atoms with Gasteiger partial charge in [0.2, 0.25) is 15.9 Å². The number of hydrogen-bond acceptors (Lipinski definition) is 4. The van der Waals surface area contributed by atoms with Crippen molar-refractivity contribution >= 4 is 15.9 Å². The first-order chi connectivity index (χ1) is 9.66. The maximum Gasteiger partial charge on any atom is 0.242 e. The van der Waals surface area contributed by atoms with Crippen molar-refractivity contribution in [3.05, 3.63) is 0 Å². The number of nitrogens with one attached hydrogen (secondary N) is 2. The lowest BCUT2D eigenvalue weighted by molar-refractivity contribution is -0.125. The fourth-order valence-electron chi connectivity index (χ4n) is 2.76. The zero-order chi connectivity index (χ0) is 15.7. The largest absolute Gasteiger partial charge is 0.381 e. The van der Waals surface area contributed by atoms with Crippen LogP contribution in [0.2, 0.25) is 0 Å². The zero-order valence-electron chi connectivity index (χ0n) is 13.1. The van der Waals surface area contributed by atoms with Gasteiger partial charge in [0.05, 0.1) is 6.61 Å². The molecule has 21 heavy (non-hydrogen) atoms. The number of sulfonamides is 1. The van der Waals surface area contributed by atoms with Gasteiger partial charge in [0.25, 0.3) is 0 Å². The van der Waals surface area contributed by atoms with Gasteiger partial charge in [0, 0.05) is 24.6 Å². The van der Waals surface area contributed by atoms with E-state index in [0.717, 1.165) is 19.4 Å². The van der Waals surface area contributed by atoms with Gasteiger partial charge in [-0.3, -0.25) is 4.79 Å². The first-order valence-corrected chi connectivity index (χ1v) is 9.04. The molecule has 1 heterocycles. The Balaban J connectivity index is 2.04. The standard InChI is InChI=1S/C14H26N2O4S/c1-13(2,3)16-21(18,19)14(6-4-7-14)12(17)15-9-11-5-8-20-10-11/h11,16H,4-10H2,1-3H3,(H,15,17). The number of amides is 1. The van der Waals surface area contributed by atoms with Crippen molar-refractivity contribution in [1.82, 2.24) is 10.0 Å². The Labute approximate surface area is 127 Å². The summed E-state index contributed by atoms with van der Waals surface area (Å²) in [6, 6.07) is 0. The molecule has 2 fully saturated rings. The lowest BCUT2D eigenvalue weighted by Gasteiger charge is -2.41. The van der Waals surface area contributed by atoms with Crippen LogP contribution in [0, 0.1) is 5.92 Å². The third-order valence-corrected chi connectivity index (χ3v) is 6.61. The molecule has 0 spiro atoms. The van der Waals surface area contributed by atoms with Gasteiger partial charge in [-0.15, -0.1) is 0 Å². The Morgan fingerprint density at radius 2 is 2.00 bits per heavy atom. The van der Waals surface area contributed by atoms with Crippen LogP contribution in [0.3, 0.4) is 0 Å². The number of carbonyl (C=O) groups is 1. The molecule has 122 valence electrons. The van der Waals surface area contributed by atoms with E-state index in [0.29, 0.717) is 31.9 Å². The van der Waals surface area contributed by atoms with Crippen molar-refractivity contribution in [2.75, 3.05) is 19.8 Å². The Hall–Kier alpha value is -0.660. The minimum absolute atomic E-state index is 0.296. The highest BCUT2D eigenvalue weighted by Gasteiger charge is 2.55. The van der Waals surface area contributed by atoms with Crippen LogP contribution < -0.4 is 10.0 Å². The quantitative estimate of drug-likeness (QED) is 0.784. The van der Waals surface area contributed by atoms with E-state index in [2.05, 4.69) is 10.0 Å². The lowest BCUT2D eigenvalue weighted by atomic mass is 9.83. The molecule has 2 N–H and O–H groups in total. The number of carbonyl (C=O) groups excluding carboxylic acids is 1. The summed E-state index contributed by atoms with van der Waals surface area (Å²) in [6.07, 6.45) is 2.47. The average Bonchev–Trinajstić information content (AvgIpc) is 2.72. The summed E-state index contributed by atoms with van der Waals surface area (Å²) >= 11 is 0. The highest BCUT2D eigenvalue weighted by atomic mass is 32.2. The summed E-state index contributed by atoms with van der Waals surface area (Å²) < 4.78 is 31.8. The molecule has 1 unspecified atom stereocenters. The van der Waals surface area contributed by atoms with Gasteiger partial charge in [-0.1, -0.05) is 0 Å². The normalized spacial score (nSPS) is 25.4. The first kappa shape index (κ1) is 16.7. The van der Waals surface area contributed by atoms with Crippen LogP contribution in [0.15, 0.2) is 0 Å². The SMILES string of the molecule is CC(C)(C)NS(=O)(=O)C1(C(=O)NCC2CCOC2)CCC1. The Bertz CT molecular complexity index is 486. The molecular weight excluding hydrogens is 292 g/mol. The lowest BCUT2D eigenvalue weighted by Crippen LogP contribution is -2.63. The maximum atomic E-state index is 12.6. The molecular formula is C14H26N2O4S. The third-order valence-electron chi connectivity index (χ3n) is 4.11. The molecule has 6 nitrogen and oxygen atoms in total. The van der Waals surface area contributed by atoms with E-state index in [1.54, 1.807) is 20.8 Å². The van der Waals surface area contributed by atoms with Crippen LogP contribution >= 0.6 is 0 Å². The second-order valence-electron chi connectivity index (χ2n) is 7.14. The van der Waals surface area contributed by atoms with Crippen LogP contribution in [0.5, 0.6) is 0 Å². The molecule has 0 bridgehead atoms. The number of ether oxygens (including phenoxy) is 1. The smallest absolute Gasteiger partial charge is 0.242 e. The van der Waals surface area contributed by atoms with Crippen LogP contribution in [-0.4, -0.2) is 44.4 Å². The molecule has 1 aliphatic heterocycles. The summed E-state index contributed by atoms with van der Waals surface area (Å²) in [5.41, 5.74) is -0.582. The molecule has 0 radical (unpaired) electrons. The summed E-state index contributed by atoms with van der Waals surface area (Å²) in [4.78, 5) is 12.5. The monoisotopic (exact) mass is 318 g/mol. The molecule has 7 heteroatoms. The average molecular weight is 318 g/mol. The van der Waals surface area contributed by atoms with Crippen LogP contribution in [-0.2, 0) is 19.6 Å². The number of rotatable bonds is 5. The van der Waals surface area contributed by atoms with Gasteiger partial charge in [-0.05, 0) is 46.5 Å². The van der Waals surface area contributed by atoms with Crippen molar-refractivity contribution in [3.63, 3.8) is 0 Å². The summed E-state index contributed by atoms with van der Waals surface area (Å²) in [7, 11) is -3.68. The maximum absolute atomic E-state index is 12.6. The highest BCUT2D eigenvalue weighted by Crippen LogP contribution is 2.39. The van der Waals surface area contributed by atoms with E-state index in [1.165, 1.54) is 0 Å². The topological polar surface area (TPSA) is 84.5 Å². The van der Waals surface area contributed by atoms with Gasteiger partial charge in [0.15, 0.2) is 4.75 Å². The van der Waals surface area contributed by atoms with E-state index in [1.807, 2.05) is 0 Å². The van der Waals surface area contributed by atoms with Gasteiger partial charge in [-0.2, -0.15) is 0 Å². The molecule has 2 rings (SSSR count). The van der Waals surface area contributed by atoms with Crippen molar-refractivity contribution < 1.29 is 17.9 Å². The fraction of sp³-hybridized carbons (Fsp3) is 0.929. The van der Waals surface area contributed by atoms with Gasteiger partial charge >= 0.3 is 0 Å². The number of hydrogen-bond donors (Lipinski definition) is 2. The van der Waals surface area contributed by atoms with E-state index >= 15 is 0 Å². The molecule has 1 saturated heterocycles. The highest BCUT2D eigenvalue weighted by molar-refractivity contribution is 7.91. The summed E-state index contributed by atoms with van der Waals surface area (Å²) in [6.45, 7) is 7.20. The predicted octanol–water partition coefficient (Wildman–Crippen LogP) is 0.780. The van der Waals surface area contributed by atoms with E-state index in [9.17, 15) is 13.2 Å². The van der Waals surface area contributed by atoms with Gasteiger partial charge in [-0.25, -0.2) is 13.1 Å². The molecule has 1 aliphatic carbocycles. The zero-order valence-corrected chi connectivity index (χ0v) is 13.9. The van der Waals surface area contributed by atoms with Crippen molar-refractivity contribution in [1.29, 1.82) is 0 Å². The molecule has 0 aromatic rings. The Kier molecular flexibility index (Phi) is 4.66. The van der Waals surface area contributed by atoms with Crippen LogP contribution in [0.4, 0.5) is 0 Å². The minimum atomic E-state index is -3.68. The summed E-state index contributed by atoms with van der Waals surface area (Å²) in [5.74, 6) is -0.0678. The Morgan fingerprint density at radius 3 is 2.43 bits per heavy atom. The van der Waals surface area contributed by atoms with Gasteiger partial charge in [0.1, 0.15) is 0 Å². The molecule has 1 atom stereocenters. The van der Waals surface area contributed by atoms with Crippen molar-refractivity contribution in [2.24, 2.45) is 5.92 Å².